The minimum absolute atomic E-state index is 0.0983. The molecule has 0 fully saturated rings. The van der Waals surface area contributed by atoms with Crippen LogP contribution in [0.15, 0.2) is 60.2 Å². The van der Waals surface area contributed by atoms with Crippen LogP contribution in [0.1, 0.15) is 65.9 Å². The predicted molar refractivity (Wildman–Crippen MR) is 144 cm³/mol. The molecule has 0 unspecified atom stereocenters. The molecule has 2 amide bonds. The monoisotopic (exact) mass is 512 g/mol. The van der Waals surface area contributed by atoms with E-state index in [1.54, 1.807) is 13.8 Å². The zero-order valence-electron chi connectivity index (χ0n) is 22.5. The minimum Gasteiger partial charge on any atom is -0.480 e. The van der Waals surface area contributed by atoms with Crippen LogP contribution in [0.25, 0.3) is 5.57 Å². The Morgan fingerprint density at radius 1 is 1.00 bits per heavy atom. The molecule has 0 heterocycles. The van der Waals surface area contributed by atoms with E-state index in [9.17, 15) is 19.2 Å². The van der Waals surface area contributed by atoms with Crippen LogP contribution in [0.5, 0.6) is 0 Å². The molecule has 1 aromatic carbocycles. The lowest BCUT2D eigenvalue weighted by Crippen LogP contribution is -2.40. The van der Waals surface area contributed by atoms with Crippen LogP contribution in [0.4, 0.5) is 0 Å². The Bertz CT molecular complexity index is 1010. The fourth-order valence-corrected chi connectivity index (χ4v) is 3.69. The average Bonchev–Trinajstić information content (AvgIpc) is 2.83. The number of ether oxygens (including phenoxy) is 1. The fourth-order valence-electron chi connectivity index (χ4n) is 3.69. The molecule has 3 atom stereocenters. The van der Waals surface area contributed by atoms with E-state index in [0.717, 1.165) is 22.3 Å². The van der Waals surface area contributed by atoms with E-state index in [2.05, 4.69) is 17.2 Å². The van der Waals surface area contributed by atoms with Crippen LogP contribution >= 0.6 is 0 Å². The first-order valence-electron chi connectivity index (χ1n) is 12.5. The van der Waals surface area contributed by atoms with E-state index in [0.29, 0.717) is 12.8 Å². The first-order chi connectivity index (χ1) is 17.4. The van der Waals surface area contributed by atoms with Crippen LogP contribution < -0.4 is 10.6 Å². The molecule has 0 saturated heterocycles. The van der Waals surface area contributed by atoms with Gasteiger partial charge in [-0.1, -0.05) is 67.1 Å². The summed E-state index contributed by atoms with van der Waals surface area (Å²) in [6.07, 6.45) is 4.60. The topological polar surface area (TPSA) is 122 Å². The summed E-state index contributed by atoms with van der Waals surface area (Å²) in [6, 6.07) is 8.52. The first-order valence-corrected chi connectivity index (χ1v) is 12.5. The first kappa shape index (κ1) is 31.4. The Balaban J connectivity index is 2.95. The van der Waals surface area contributed by atoms with E-state index < -0.39 is 23.8 Å². The number of hydrogen-bond acceptors (Lipinski definition) is 5. The summed E-state index contributed by atoms with van der Waals surface area (Å²) in [6.45, 7) is 13.1. The number of hydrogen-bond donors (Lipinski definition) is 3. The van der Waals surface area contributed by atoms with Crippen molar-refractivity contribution in [2.45, 2.75) is 72.4 Å². The summed E-state index contributed by atoms with van der Waals surface area (Å²) in [7, 11) is 0. The van der Waals surface area contributed by atoms with Crippen molar-refractivity contribution in [3.63, 3.8) is 0 Å². The number of carbonyl (C=O) groups excluding carboxylic acids is 3. The van der Waals surface area contributed by atoms with Gasteiger partial charge in [0.2, 0.25) is 11.8 Å². The number of amides is 2. The Labute approximate surface area is 219 Å². The summed E-state index contributed by atoms with van der Waals surface area (Å²) in [5.41, 5.74) is 3.97. The van der Waals surface area contributed by atoms with Crippen molar-refractivity contribution in [2.75, 3.05) is 6.61 Å². The van der Waals surface area contributed by atoms with Crippen LogP contribution in [-0.2, 0) is 23.9 Å². The number of rotatable bonds is 15. The second kappa shape index (κ2) is 16.1. The number of benzene rings is 1. The van der Waals surface area contributed by atoms with Gasteiger partial charge in [0.1, 0.15) is 6.04 Å². The predicted octanol–water partition coefficient (Wildman–Crippen LogP) is 4.43. The largest absolute Gasteiger partial charge is 0.480 e. The molecule has 8 nitrogen and oxygen atoms in total. The molecule has 0 saturated carbocycles. The summed E-state index contributed by atoms with van der Waals surface area (Å²) >= 11 is 0. The van der Waals surface area contributed by atoms with E-state index >= 15 is 0 Å². The quantitative estimate of drug-likeness (QED) is 0.236. The smallest absolute Gasteiger partial charge is 0.325 e. The number of nitrogens with one attached hydrogen (secondary N) is 2. The van der Waals surface area contributed by atoms with Gasteiger partial charge in [0.05, 0.1) is 12.5 Å². The summed E-state index contributed by atoms with van der Waals surface area (Å²) in [5.74, 6) is -2.78. The molecule has 1 aromatic rings. The lowest BCUT2D eigenvalue weighted by Gasteiger charge is -2.22. The zero-order chi connectivity index (χ0) is 28.0. The van der Waals surface area contributed by atoms with E-state index in [1.165, 1.54) is 6.92 Å². The molecule has 0 aliphatic rings. The molecular weight excluding hydrogens is 472 g/mol. The Morgan fingerprint density at radius 3 is 2.14 bits per heavy atom. The summed E-state index contributed by atoms with van der Waals surface area (Å²) < 4.78 is 5.12. The minimum atomic E-state index is -1.15. The third kappa shape index (κ3) is 12.2. The van der Waals surface area contributed by atoms with Gasteiger partial charge < -0.3 is 20.5 Å². The van der Waals surface area contributed by atoms with Crippen LogP contribution in [0.3, 0.4) is 0 Å². The lowest BCUT2D eigenvalue weighted by atomic mass is 9.95. The van der Waals surface area contributed by atoms with Gasteiger partial charge >= 0.3 is 11.9 Å². The SMILES string of the molecule is C=C(C)/C(=C\C=C(/C)C[C@H](C[C@@H](C)C(=O)OCC)NC(=O)CCC(=O)N[C@@H](C)C(=O)O)c1ccccc1. The van der Waals surface area contributed by atoms with Gasteiger partial charge in [0.25, 0.3) is 0 Å². The molecule has 0 aliphatic heterocycles. The number of carbonyl (C=O) groups is 4. The highest BCUT2D eigenvalue weighted by Gasteiger charge is 2.22. The molecule has 0 bridgehead atoms. The fraction of sp³-hybridized carbons (Fsp3) is 0.448. The van der Waals surface area contributed by atoms with Crippen LogP contribution in [0.2, 0.25) is 0 Å². The van der Waals surface area contributed by atoms with Gasteiger partial charge in [-0.05, 0) is 51.7 Å². The average molecular weight is 513 g/mol. The van der Waals surface area contributed by atoms with Gasteiger partial charge in [-0.25, -0.2) is 0 Å². The standard InChI is InChI=1S/C29H40N2O6/c1-7-37-29(36)21(5)18-24(31-27(33)16-15-26(32)30-22(6)28(34)35)17-20(4)13-14-25(19(2)3)23-11-9-8-10-12-23/h8-14,21-22,24H,2,7,15-18H2,1,3-6H3,(H,30,32)(H,31,33)(H,34,35)/b20-13+,25-14+/t21-,22+,24-/m1/s1. The van der Waals surface area contributed by atoms with Gasteiger partial charge in [-0.3, -0.25) is 19.2 Å². The third-order valence-corrected chi connectivity index (χ3v) is 5.67. The zero-order valence-corrected chi connectivity index (χ0v) is 22.5. The molecule has 3 N–H and O–H groups in total. The maximum Gasteiger partial charge on any atom is 0.325 e. The molecule has 0 radical (unpaired) electrons. The number of esters is 1. The van der Waals surface area contributed by atoms with Crippen LogP contribution in [0, 0.1) is 5.92 Å². The van der Waals surface area contributed by atoms with Crippen molar-refractivity contribution in [3.8, 4) is 0 Å². The van der Waals surface area contributed by atoms with E-state index in [-0.39, 0.29) is 37.4 Å². The number of carboxylic acid groups (broad SMARTS) is 1. The Kier molecular flexibility index (Phi) is 13.7. The van der Waals surface area contributed by atoms with Crippen molar-refractivity contribution >= 4 is 29.3 Å². The normalized spacial score (nSPS) is 14.2. The molecule has 202 valence electrons. The molecule has 0 aromatic heterocycles. The number of carboxylic acids is 1. The maximum absolute atomic E-state index is 12.6. The molecule has 0 aliphatic carbocycles. The van der Waals surface area contributed by atoms with E-state index in [4.69, 9.17) is 9.84 Å². The number of aliphatic carboxylic acids is 1. The third-order valence-electron chi connectivity index (χ3n) is 5.67. The number of allylic oxidation sites excluding steroid dienone is 4. The highest BCUT2D eigenvalue weighted by Crippen LogP contribution is 2.22. The molecule has 8 heteroatoms. The summed E-state index contributed by atoms with van der Waals surface area (Å²) in [5, 5.41) is 14.2. The molecule has 1 rings (SSSR count). The van der Waals surface area contributed by atoms with Crippen molar-refractivity contribution in [1.29, 1.82) is 0 Å². The van der Waals surface area contributed by atoms with Gasteiger partial charge in [0, 0.05) is 18.9 Å². The lowest BCUT2D eigenvalue weighted by molar-refractivity contribution is -0.148. The molecular formula is C29H40N2O6. The van der Waals surface area contributed by atoms with Gasteiger partial charge in [-0.15, -0.1) is 0 Å². The van der Waals surface area contributed by atoms with Gasteiger partial charge in [0.15, 0.2) is 0 Å². The highest BCUT2D eigenvalue weighted by atomic mass is 16.5. The Hall–Kier alpha value is -3.68. The second-order valence-corrected chi connectivity index (χ2v) is 9.22. The second-order valence-electron chi connectivity index (χ2n) is 9.22. The van der Waals surface area contributed by atoms with Crippen molar-refractivity contribution in [3.05, 3.63) is 65.8 Å². The Morgan fingerprint density at radius 2 is 1.59 bits per heavy atom. The highest BCUT2D eigenvalue weighted by molar-refractivity contribution is 5.87. The molecule has 37 heavy (non-hydrogen) atoms. The van der Waals surface area contributed by atoms with Crippen molar-refractivity contribution in [1.82, 2.24) is 10.6 Å². The van der Waals surface area contributed by atoms with Crippen molar-refractivity contribution in [2.24, 2.45) is 5.92 Å². The van der Waals surface area contributed by atoms with Crippen molar-refractivity contribution < 1.29 is 29.0 Å². The van der Waals surface area contributed by atoms with Crippen LogP contribution in [-0.4, -0.2) is 47.6 Å². The van der Waals surface area contributed by atoms with E-state index in [1.807, 2.05) is 56.3 Å². The van der Waals surface area contributed by atoms with Gasteiger partial charge in [-0.2, -0.15) is 0 Å². The maximum atomic E-state index is 12.6. The summed E-state index contributed by atoms with van der Waals surface area (Å²) in [4.78, 5) is 47.7. The molecule has 0 spiro atoms.